The first-order chi connectivity index (χ1) is 10.3. The summed E-state index contributed by atoms with van der Waals surface area (Å²) in [5, 5.41) is 9.59. The van der Waals surface area contributed by atoms with Crippen molar-refractivity contribution < 1.29 is 19.4 Å². The van der Waals surface area contributed by atoms with Crippen molar-refractivity contribution in [2.75, 3.05) is 19.8 Å². The van der Waals surface area contributed by atoms with Crippen molar-refractivity contribution in [3.63, 3.8) is 0 Å². The van der Waals surface area contributed by atoms with Crippen LogP contribution in [0.3, 0.4) is 0 Å². The summed E-state index contributed by atoms with van der Waals surface area (Å²) in [7, 11) is 0. The van der Waals surface area contributed by atoms with Gasteiger partial charge in [-0.25, -0.2) is 10.2 Å². The summed E-state index contributed by atoms with van der Waals surface area (Å²) < 4.78 is 10.7. The van der Waals surface area contributed by atoms with Gasteiger partial charge in [-0.1, -0.05) is 13.3 Å². The Bertz CT molecular complexity index is 336. The van der Waals surface area contributed by atoms with Crippen molar-refractivity contribution in [3.8, 4) is 0 Å². The molecule has 0 atom stereocenters. The number of hydrazine groups is 1. The number of hydrogen-bond donors (Lipinski definition) is 3. The molecule has 0 aliphatic heterocycles. The highest BCUT2D eigenvalue weighted by Crippen LogP contribution is 2.43. The molecule has 0 spiro atoms. The number of carbonyl (C=O) groups is 1. The number of carbonyl (C=O) groups excluding carboxylic acids is 1. The van der Waals surface area contributed by atoms with Crippen LogP contribution in [0.1, 0.15) is 59.8 Å². The molecule has 0 aromatic carbocycles. The standard InChI is InChI=1S/C16H32N2O4/c1-5-6-8-21-9-7-16(12-19)10-13(11-16)17-18-14(20)22-15(2,3)4/h13,17,19H,5-12H2,1-4H3,(H,18,20). The first-order valence-electron chi connectivity index (χ1n) is 8.23. The highest BCUT2D eigenvalue weighted by Gasteiger charge is 2.43. The fraction of sp³-hybridized carbons (Fsp3) is 0.938. The molecule has 1 aliphatic carbocycles. The van der Waals surface area contributed by atoms with Crippen LogP contribution >= 0.6 is 0 Å². The molecule has 3 N–H and O–H groups in total. The van der Waals surface area contributed by atoms with E-state index in [1.54, 1.807) is 0 Å². The number of unbranched alkanes of at least 4 members (excludes halogenated alkanes) is 1. The summed E-state index contributed by atoms with van der Waals surface area (Å²) in [5.41, 5.74) is 4.95. The maximum atomic E-state index is 11.5. The Labute approximate surface area is 133 Å². The van der Waals surface area contributed by atoms with Crippen LogP contribution in [0.25, 0.3) is 0 Å². The second-order valence-corrected chi connectivity index (χ2v) is 7.25. The van der Waals surface area contributed by atoms with Crippen molar-refractivity contribution >= 4 is 6.09 Å². The summed E-state index contributed by atoms with van der Waals surface area (Å²) in [4.78, 5) is 11.5. The fourth-order valence-corrected chi connectivity index (χ4v) is 2.60. The van der Waals surface area contributed by atoms with Gasteiger partial charge in [0.05, 0.1) is 0 Å². The van der Waals surface area contributed by atoms with E-state index in [1.807, 2.05) is 20.8 Å². The molecule has 1 fully saturated rings. The Kier molecular flexibility index (Phi) is 7.59. The van der Waals surface area contributed by atoms with Gasteiger partial charge in [0, 0.05) is 25.9 Å². The third-order valence-electron chi connectivity index (χ3n) is 3.89. The van der Waals surface area contributed by atoms with E-state index in [1.165, 1.54) is 0 Å². The zero-order chi connectivity index (χ0) is 16.6. The van der Waals surface area contributed by atoms with Gasteiger partial charge >= 0.3 is 6.09 Å². The molecule has 1 aliphatic rings. The van der Waals surface area contributed by atoms with Crippen LogP contribution in [0.15, 0.2) is 0 Å². The largest absolute Gasteiger partial charge is 0.443 e. The minimum atomic E-state index is -0.504. The summed E-state index contributed by atoms with van der Waals surface area (Å²) in [6.45, 7) is 9.25. The maximum absolute atomic E-state index is 11.5. The van der Waals surface area contributed by atoms with Crippen molar-refractivity contribution in [2.24, 2.45) is 5.41 Å². The minimum absolute atomic E-state index is 0.0699. The van der Waals surface area contributed by atoms with Gasteiger partial charge < -0.3 is 14.6 Å². The van der Waals surface area contributed by atoms with Gasteiger partial charge in [0.25, 0.3) is 0 Å². The first-order valence-corrected chi connectivity index (χ1v) is 8.23. The Morgan fingerprint density at radius 2 is 2.00 bits per heavy atom. The van der Waals surface area contributed by atoms with Crippen molar-refractivity contribution in [3.05, 3.63) is 0 Å². The fourth-order valence-electron chi connectivity index (χ4n) is 2.60. The van der Waals surface area contributed by atoms with Crippen LogP contribution in [0.4, 0.5) is 4.79 Å². The highest BCUT2D eigenvalue weighted by atomic mass is 16.6. The smallest absolute Gasteiger partial charge is 0.422 e. The van der Waals surface area contributed by atoms with E-state index in [0.29, 0.717) is 6.61 Å². The SMILES string of the molecule is CCCCOCCC1(CO)CC(NNC(=O)OC(C)(C)C)C1. The van der Waals surface area contributed by atoms with Crippen LogP contribution in [0.5, 0.6) is 0 Å². The van der Waals surface area contributed by atoms with Crippen LogP contribution in [-0.4, -0.2) is 42.7 Å². The Morgan fingerprint density at radius 1 is 1.32 bits per heavy atom. The van der Waals surface area contributed by atoms with Gasteiger partial charge in [-0.2, -0.15) is 0 Å². The molecule has 0 aromatic heterocycles. The van der Waals surface area contributed by atoms with Gasteiger partial charge in [0.15, 0.2) is 0 Å². The van der Waals surface area contributed by atoms with Crippen LogP contribution in [0.2, 0.25) is 0 Å². The quantitative estimate of drug-likeness (QED) is 0.449. The topological polar surface area (TPSA) is 79.8 Å². The van der Waals surface area contributed by atoms with E-state index in [0.717, 1.165) is 38.7 Å². The predicted octanol–water partition coefficient (Wildman–Crippen LogP) is 2.36. The Morgan fingerprint density at radius 3 is 2.55 bits per heavy atom. The molecule has 1 saturated carbocycles. The van der Waals surface area contributed by atoms with Crippen molar-refractivity contribution in [1.82, 2.24) is 10.9 Å². The molecule has 6 heteroatoms. The Balaban J connectivity index is 2.17. The van der Waals surface area contributed by atoms with Crippen LogP contribution in [0, 0.1) is 5.41 Å². The van der Waals surface area contributed by atoms with Crippen LogP contribution < -0.4 is 10.9 Å². The van der Waals surface area contributed by atoms with Crippen LogP contribution in [-0.2, 0) is 9.47 Å². The van der Waals surface area contributed by atoms with E-state index in [-0.39, 0.29) is 18.1 Å². The number of rotatable bonds is 9. The Hall–Kier alpha value is -0.850. The lowest BCUT2D eigenvalue weighted by molar-refractivity contribution is -0.0234. The van der Waals surface area contributed by atoms with E-state index >= 15 is 0 Å². The molecule has 130 valence electrons. The number of ether oxygens (including phenoxy) is 2. The number of amides is 1. The normalized spacial score (nSPS) is 24.7. The molecule has 0 heterocycles. The predicted molar refractivity (Wildman–Crippen MR) is 85.4 cm³/mol. The monoisotopic (exact) mass is 316 g/mol. The number of hydrogen-bond acceptors (Lipinski definition) is 5. The molecule has 0 bridgehead atoms. The van der Waals surface area contributed by atoms with Gasteiger partial charge in [0.2, 0.25) is 0 Å². The highest BCUT2D eigenvalue weighted by molar-refractivity contribution is 5.67. The number of nitrogens with one attached hydrogen (secondary N) is 2. The summed E-state index contributed by atoms with van der Waals surface area (Å²) in [6, 6.07) is 0.176. The molecule has 1 amide bonds. The first kappa shape index (κ1) is 19.2. The van der Waals surface area contributed by atoms with Gasteiger partial charge in [-0.15, -0.1) is 0 Å². The third-order valence-corrected chi connectivity index (χ3v) is 3.89. The van der Waals surface area contributed by atoms with E-state index in [2.05, 4.69) is 17.8 Å². The molecule has 1 rings (SSSR count). The minimum Gasteiger partial charge on any atom is -0.443 e. The zero-order valence-electron chi connectivity index (χ0n) is 14.4. The lowest BCUT2D eigenvalue weighted by Crippen LogP contribution is -2.56. The van der Waals surface area contributed by atoms with Crippen molar-refractivity contribution in [2.45, 2.75) is 71.4 Å². The van der Waals surface area contributed by atoms with Gasteiger partial charge in [-0.05, 0) is 51.9 Å². The average Bonchev–Trinajstić information content (AvgIpc) is 2.38. The molecular weight excluding hydrogens is 284 g/mol. The lowest BCUT2D eigenvalue weighted by atomic mass is 9.64. The summed E-state index contributed by atoms with van der Waals surface area (Å²) in [5.74, 6) is 0. The van der Waals surface area contributed by atoms with E-state index in [4.69, 9.17) is 9.47 Å². The summed E-state index contributed by atoms with van der Waals surface area (Å²) >= 11 is 0. The molecule has 6 nitrogen and oxygen atoms in total. The van der Waals surface area contributed by atoms with E-state index in [9.17, 15) is 9.90 Å². The molecule has 0 unspecified atom stereocenters. The number of aliphatic hydroxyl groups excluding tert-OH is 1. The summed E-state index contributed by atoms with van der Waals surface area (Å²) in [6.07, 6.45) is 4.26. The van der Waals surface area contributed by atoms with Gasteiger partial charge in [-0.3, -0.25) is 5.43 Å². The maximum Gasteiger partial charge on any atom is 0.422 e. The van der Waals surface area contributed by atoms with E-state index < -0.39 is 11.7 Å². The molecular formula is C16H32N2O4. The molecule has 0 aromatic rings. The molecule has 0 saturated heterocycles. The molecule has 0 radical (unpaired) electrons. The van der Waals surface area contributed by atoms with Gasteiger partial charge in [0.1, 0.15) is 5.60 Å². The second-order valence-electron chi connectivity index (χ2n) is 7.25. The average molecular weight is 316 g/mol. The zero-order valence-corrected chi connectivity index (χ0v) is 14.4. The number of aliphatic hydroxyl groups is 1. The second kappa shape index (κ2) is 8.70. The van der Waals surface area contributed by atoms with Crippen molar-refractivity contribution in [1.29, 1.82) is 0 Å². The third kappa shape index (κ3) is 6.94. The molecule has 22 heavy (non-hydrogen) atoms. The lowest BCUT2D eigenvalue weighted by Gasteiger charge is -2.47.